The molecule has 0 saturated carbocycles. The SMILES string of the molecule is Cc1ccc(-c2nnc(SCC(=O)Nc3ccc(Cl)cc3)n2N)cc1. The van der Waals surface area contributed by atoms with Crippen LogP contribution in [0.3, 0.4) is 0 Å². The van der Waals surface area contributed by atoms with Gasteiger partial charge >= 0.3 is 0 Å². The van der Waals surface area contributed by atoms with Gasteiger partial charge in [0, 0.05) is 16.3 Å². The first kappa shape index (κ1) is 17.3. The van der Waals surface area contributed by atoms with Crippen LogP contribution in [0.15, 0.2) is 53.7 Å². The maximum absolute atomic E-state index is 12.0. The first-order valence-corrected chi connectivity index (χ1v) is 8.85. The van der Waals surface area contributed by atoms with Crippen LogP contribution in [0, 0.1) is 6.92 Å². The molecule has 8 heteroatoms. The monoisotopic (exact) mass is 373 g/mol. The quantitative estimate of drug-likeness (QED) is 0.529. The van der Waals surface area contributed by atoms with E-state index in [0.29, 0.717) is 21.7 Å². The third kappa shape index (κ3) is 4.32. The van der Waals surface area contributed by atoms with Crippen molar-refractivity contribution in [3.05, 3.63) is 59.1 Å². The van der Waals surface area contributed by atoms with Crippen molar-refractivity contribution in [2.24, 2.45) is 0 Å². The number of halogens is 1. The van der Waals surface area contributed by atoms with Crippen LogP contribution in [0.5, 0.6) is 0 Å². The lowest BCUT2D eigenvalue weighted by atomic mass is 10.1. The minimum Gasteiger partial charge on any atom is -0.335 e. The highest BCUT2D eigenvalue weighted by atomic mass is 35.5. The zero-order chi connectivity index (χ0) is 17.8. The summed E-state index contributed by atoms with van der Waals surface area (Å²) in [6.45, 7) is 2.01. The Bertz CT molecular complexity index is 877. The maximum Gasteiger partial charge on any atom is 0.234 e. The Morgan fingerprint density at radius 2 is 1.84 bits per heavy atom. The number of carbonyl (C=O) groups is 1. The summed E-state index contributed by atoms with van der Waals surface area (Å²) in [6.07, 6.45) is 0. The van der Waals surface area contributed by atoms with Gasteiger partial charge in [0.2, 0.25) is 11.1 Å². The average molecular weight is 374 g/mol. The number of thioether (sulfide) groups is 1. The second-order valence-corrected chi connectivity index (χ2v) is 6.76. The van der Waals surface area contributed by atoms with Crippen LogP contribution in [-0.2, 0) is 4.79 Å². The number of nitrogen functional groups attached to an aromatic ring is 1. The molecule has 3 rings (SSSR count). The van der Waals surface area contributed by atoms with Crippen molar-refractivity contribution in [2.45, 2.75) is 12.1 Å². The number of anilines is 1. The molecule has 0 unspecified atom stereocenters. The molecule has 128 valence electrons. The standard InChI is InChI=1S/C17H16ClN5OS/c1-11-2-4-12(5-3-11)16-21-22-17(23(16)19)25-10-15(24)20-14-8-6-13(18)7-9-14/h2-9H,10,19H2,1H3,(H,20,24). The Hall–Kier alpha value is -2.51. The average Bonchev–Trinajstić information content (AvgIpc) is 2.97. The Kier molecular flexibility index (Phi) is 5.25. The third-order valence-corrected chi connectivity index (χ3v) is 4.63. The van der Waals surface area contributed by atoms with Crippen molar-refractivity contribution in [1.29, 1.82) is 0 Å². The molecular weight excluding hydrogens is 358 g/mol. The van der Waals surface area contributed by atoms with Crippen molar-refractivity contribution >= 4 is 35.0 Å². The largest absolute Gasteiger partial charge is 0.335 e. The van der Waals surface area contributed by atoms with Gasteiger partial charge in [-0.3, -0.25) is 4.79 Å². The molecule has 0 radical (unpaired) electrons. The number of rotatable bonds is 5. The second kappa shape index (κ2) is 7.58. The van der Waals surface area contributed by atoms with Gasteiger partial charge in [-0.05, 0) is 31.2 Å². The maximum atomic E-state index is 12.0. The molecule has 0 spiro atoms. The van der Waals surface area contributed by atoms with Gasteiger partial charge in [0.1, 0.15) is 0 Å². The third-order valence-electron chi connectivity index (χ3n) is 3.43. The molecule has 1 amide bonds. The van der Waals surface area contributed by atoms with Crippen LogP contribution in [0.4, 0.5) is 5.69 Å². The van der Waals surface area contributed by atoms with Crippen LogP contribution in [0.1, 0.15) is 5.56 Å². The number of nitrogens with zero attached hydrogens (tertiary/aromatic N) is 3. The number of hydrogen-bond donors (Lipinski definition) is 2. The second-order valence-electron chi connectivity index (χ2n) is 5.39. The lowest BCUT2D eigenvalue weighted by molar-refractivity contribution is -0.113. The molecule has 1 heterocycles. The number of amides is 1. The Morgan fingerprint density at radius 3 is 2.52 bits per heavy atom. The van der Waals surface area contributed by atoms with Crippen molar-refractivity contribution < 1.29 is 4.79 Å². The van der Waals surface area contributed by atoms with Gasteiger partial charge in [-0.2, -0.15) is 0 Å². The highest BCUT2D eigenvalue weighted by Gasteiger charge is 2.13. The highest BCUT2D eigenvalue weighted by molar-refractivity contribution is 7.99. The Balaban J connectivity index is 1.62. The van der Waals surface area contributed by atoms with E-state index < -0.39 is 0 Å². The van der Waals surface area contributed by atoms with Crippen LogP contribution >= 0.6 is 23.4 Å². The summed E-state index contributed by atoms with van der Waals surface area (Å²) in [5, 5.41) is 12.0. The summed E-state index contributed by atoms with van der Waals surface area (Å²) in [5.41, 5.74) is 2.71. The minimum atomic E-state index is -0.160. The molecule has 25 heavy (non-hydrogen) atoms. The van der Waals surface area contributed by atoms with E-state index in [1.165, 1.54) is 16.4 Å². The van der Waals surface area contributed by atoms with Gasteiger partial charge < -0.3 is 11.2 Å². The topological polar surface area (TPSA) is 85.8 Å². The summed E-state index contributed by atoms with van der Waals surface area (Å²) in [5.74, 6) is 6.62. The summed E-state index contributed by atoms with van der Waals surface area (Å²) in [4.78, 5) is 12.0. The summed E-state index contributed by atoms with van der Waals surface area (Å²) in [6, 6.07) is 14.8. The van der Waals surface area contributed by atoms with Gasteiger partial charge in [0.15, 0.2) is 5.82 Å². The van der Waals surface area contributed by atoms with Crippen LogP contribution < -0.4 is 11.2 Å². The first-order valence-electron chi connectivity index (χ1n) is 7.48. The van der Waals surface area contributed by atoms with Crippen molar-refractivity contribution in [3.8, 4) is 11.4 Å². The number of benzene rings is 2. The van der Waals surface area contributed by atoms with E-state index in [1.54, 1.807) is 24.3 Å². The predicted octanol–water partition coefficient (Wildman–Crippen LogP) is 3.35. The number of carbonyl (C=O) groups excluding carboxylic acids is 1. The predicted molar refractivity (Wildman–Crippen MR) is 101 cm³/mol. The van der Waals surface area contributed by atoms with E-state index in [0.717, 1.165) is 11.1 Å². The van der Waals surface area contributed by atoms with E-state index in [9.17, 15) is 4.79 Å². The highest BCUT2D eigenvalue weighted by Crippen LogP contribution is 2.22. The van der Waals surface area contributed by atoms with Crippen molar-refractivity contribution in [2.75, 3.05) is 16.9 Å². The van der Waals surface area contributed by atoms with Crippen LogP contribution in [0.25, 0.3) is 11.4 Å². The molecule has 6 nitrogen and oxygen atoms in total. The van der Waals surface area contributed by atoms with Gasteiger partial charge in [-0.1, -0.05) is 53.2 Å². The summed E-state index contributed by atoms with van der Waals surface area (Å²) in [7, 11) is 0. The number of nitrogens with one attached hydrogen (secondary N) is 1. The molecule has 0 aliphatic heterocycles. The molecule has 0 atom stereocenters. The van der Waals surface area contributed by atoms with Crippen LogP contribution in [-0.4, -0.2) is 26.5 Å². The molecule has 1 aromatic heterocycles. The smallest absolute Gasteiger partial charge is 0.234 e. The van der Waals surface area contributed by atoms with Gasteiger partial charge in [0.25, 0.3) is 0 Å². The number of aromatic nitrogens is 3. The number of aryl methyl sites for hydroxylation is 1. The van der Waals surface area contributed by atoms with E-state index >= 15 is 0 Å². The molecule has 3 N–H and O–H groups in total. The van der Waals surface area contributed by atoms with E-state index in [4.69, 9.17) is 17.4 Å². The fourth-order valence-corrected chi connectivity index (χ4v) is 2.92. The zero-order valence-electron chi connectivity index (χ0n) is 13.4. The lowest BCUT2D eigenvalue weighted by Gasteiger charge is -2.06. The van der Waals surface area contributed by atoms with E-state index in [1.807, 2.05) is 31.2 Å². The van der Waals surface area contributed by atoms with Crippen molar-refractivity contribution in [1.82, 2.24) is 14.9 Å². The fraction of sp³-hybridized carbons (Fsp3) is 0.118. The molecule has 0 fully saturated rings. The molecule has 3 aromatic rings. The minimum absolute atomic E-state index is 0.160. The Labute approximate surface area is 154 Å². The summed E-state index contributed by atoms with van der Waals surface area (Å²) >= 11 is 7.04. The summed E-state index contributed by atoms with van der Waals surface area (Å²) < 4.78 is 1.39. The first-order chi connectivity index (χ1) is 12.0. The van der Waals surface area contributed by atoms with Gasteiger partial charge in [-0.25, -0.2) is 4.68 Å². The van der Waals surface area contributed by atoms with Crippen LogP contribution in [0.2, 0.25) is 5.02 Å². The normalized spacial score (nSPS) is 10.6. The molecular formula is C17H16ClN5OS. The zero-order valence-corrected chi connectivity index (χ0v) is 15.0. The fourth-order valence-electron chi connectivity index (χ4n) is 2.14. The number of nitrogens with two attached hydrogens (primary N) is 1. The van der Waals surface area contributed by atoms with E-state index in [-0.39, 0.29) is 11.7 Å². The lowest BCUT2D eigenvalue weighted by Crippen LogP contribution is -2.16. The van der Waals surface area contributed by atoms with Gasteiger partial charge in [-0.15, -0.1) is 10.2 Å². The van der Waals surface area contributed by atoms with Crippen molar-refractivity contribution in [3.63, 3.8) is 0 Å². The number of hydrogen-bond acceptors (Lipinski definition) is 5. The molecule has 0 aliphatic rings. The molecule has 0 bridgehead atoms. The molecule has 2 aromatic carbocycles. The van der Waals surface area contributed by atoms with E-state index in [2.05, 4.69) is 15.5 Å². The Morgan fingerprint density at radius 1 is 1.16 bits per heavy atom. The van der Waals surface area contributed by atoms with Gasteiger partial charge in [0.05, 0.1) is 5.75 Å². The molecule has 0 aliphatic carbocycles. The molecule has 0 saturated heterocycles.